The Morgan fingerprint density at radius 1 is 0.867 bits per heavy atom. The summed E-state index contributed by atoms with van der Waals surface area (Å²) in [6.07, 6.45) is 12.0. The third-order valence-corrected chi connectivity index (χ3v) is 5.32. The van der Waals surface area contributed by atoms with E-state index in [0.29, 0.717) is 0 Å². The van der Waals surface area contributed by atoms with Crippen molar-refractivity contribution >= 4 is 0 Å². The number of rotatable bonds is 1. The summed E-state index contributed by atoms with van der Waals surface area (Å²) in [6, 6.07) is 0.956. The van der Waals surface area contributed by atoms with E-state index in [1.807, 2.05) is 0 Å². The van der Waals surface area contributed by atoms with E-state index in [0.717, 1.165) is 17.4 Å². The molecule has 3 rings (SSSR count). The van der Waals surface area contributed by atoms with Gasteiger partial charge in [0.15, 0.2) is 0 Å². The molecule has 1 heteroatoms. The molecule has 1 heterocycles. The van der Waals surface area contributed by atoms with E-state index in [1.54, 1.807) is 12.8 Å². The summed E-state index contributed by atoms with van der Waals surface area (Å²) >= 11 is 0. The van der Waals surface area contributed by atoms with Crippen LogP contribution in [-0.2, 0) is 0 Å². The maximum Gasteiger partial charge on any atom is 0.00954 e. The summed E-state index contributed by atoms with van der Waals surface area (Å²) in [7, 11) is 0. The van der Waals surface area contributed by atoms with Crippen LogP contribution in [-0.4, -0.2) is 24.0 Å². The summed E-state index contributed by atoms with van der Waals surface area (Å²) in [6.45, 7) is 5.25. The first-order valence-corrected chi connectivity index (χ1v) is 7.02. The van der Waals surface area contributed by atoms with Crippen LogP contribution < -0.4 is 0 Å². The van der Waals surface area contributed by atoms with Crippen LogP contribution in [0.4, 0.5) is 0 Å². The van der Waals surface area contributed by atoms with Gasteiger partial charge in [-0.25, -0.2) is 0 Å². The van der Waals surface area contributed by atoms with E-state index in [2.05, 4.69) is 11.8 Å². The quantitative estimate of drug-likeness (QED) is 0.636. The highest BCUT2D eigenvalue weighted by Crippen LogP contribution is 2.54. The molecule has 15 heavy (non-hydrogen) atoms. The van der Waals surface area contributed by atoms with Gasteiger partial charge in [0.1, 0.15) is 0 Å². The number of likely N-dealkylation sites (tertiary alicyclic amines) is 1. The Balaban J connectivity index is 1.51. The van der Waals surface area contributed by atoms with Gasteiger partial charge in [-0.3, -0.25) is 0 Å². The largest absolute Gasteiger partial charge is 0.300 e. The minimum atomic E-state index is 0.860. The highest BCUT2D eigenvalue weighted by atomic mass is 15.2. The normalized spacial score (nSPS) is 40.6. The highest BCUT2D eigenvalue weighted by Gasteiger charge is 2.45. The molecule has 2 aliphatic carbocycles. The second-order valence-corrected chi connectivity index (χ2v) is 6.45. The molecule has 1 saturated heterocycles. The van der Waals surface area contributed by atoms with Gasteiger partial charge in [0.2, 0.25) is 0 Å². The first-order chi connectivity index (χ1) is 7.27. The maximum atomic E-state index is 2.81. The van der Waals surface area contributed by atoms with Crippen molar-refractivity contribution in [2.75, 3.05) is 13.1 Å². The van der Waals surface area contributed by atoms with E-state index < -0.39 is 0 Å². The molecule has 0 bridgehead atoms. The molecule has 0 radical (unpaired) electrons. The number of hydrogen-bond acceptors (Lipinski definition) is 1. The third kappa shape index (κ3) is 2.08. The molecule has 3 fully saturated rings. The molecule has 1 aliphatic heterocycles. The topological polar surface area (TPSA) is 3.24 Å². The monoisotopic (exact) mass is 207 g/mol. The standard InChI is InChI=1S/C14H25N/c1-12-2-4-13(5-3-12)15-10-8-14(6-7-14)9-11-15/h12-13H,2-11H2,1H3/t12-,13-. The van der Waals surface area contributed by atoms with Gasteiger partial charge in [-0.05, 0) is 75.8 Å². The zero-order valence-electron chi connectivity index (χ0n) is 10.2. The Hall–Kier alpha value is -0.0400. The van der Waals surface area contributed by atoms with Gasteiger partial charge in [0.25, 0.3) is 0 Å². The lowest BCUT2D eigenvalue weighted by Gasteiger charge is -2.40. The lowest BCUT2D eigenvalue weighted by Crippen LogP contribution is -2.43. The molecule has 0 aromatic heterocycles. The fourth-order valence-electron chi connectivity index (χ4n) is 3.65. The van der Waals surface area contributed by atoms with Crippen molar-refractivity contribution in [3.8, 4) is 0 Å². The van der Waals surface area contributed by atoms with Crippen molar-refractivity contribution in [2.24, 2.45) is 11.3 Å². The number of hydrogen-bond donors (Lipinski definition) is 0. The van der Waals surface area contributed by atoms with Crippen LogP contribution in [0.2, 0.25) is 0 Å². The molecule has 2 saturated carbocycles. The molecular formula is C14H25N. The van der Waals surface area contributed by atoms with Gasteiger partial charge in [0, 0.05) is 6.04 Å². The SMILES string of the molecule is C[C@H]1CC[C@H](N2CCC3(CC2)CC3)CC1. The fourth-order valence-corrected chi connectivity index (χ4v) is 3.65. The van der Waals surface area contributed by atoms with Crippen LogP contribution in [0.25, 0.3) is 0 Å². The Kier molecular flexibility index (Phi) is 2.54. The van der Waals surface area contributed by atoms with Gasteiger partial charge in [-0.1, -0.05) is 6.92 Å². The molecule has 0 N–H and O–H groups in total. The third-order valence-electron chi connectivity index (χ3n) is 5.32. The minimum Gasteiger partial charge on any atom is -0.300 e. The van der Waals surface area contributed by atoms with Crippen LogP contribution in [0.1, 0.15) is 58.3 Å². The zero-order chi connectivity index (χ0) is 10.3. The van der Waals surface area contributed by atoms with Crippen molar-refractivity contribution in [3.05, 3.63) is 0 Å². The fraction of sp³-hybridized carbons (Fsp3) is 1.00. The summed E-state index contributed by atoms with van der Waals surface area (Å²) in [5.41, 5.74) is 0.860. The van der Waals surface area contributed by atoms with Gasteiger partial charge in [0.05, 0.1) is 0 Å². The Morgan fingerprint density at radius 3 is 2.00 bits per heavy atom. The molecule has 1 spiro atoms. The number of nitrogens with zero attached hydrogens (tertiary/aromatic N) is 1. The summed E-state index contributed by atoms with van der Waals surface area (Å²) in [4.78, 5) is 2.81. The molecule has 86 valence electrons. The Morgan fingerprint density at radius 2 is 1.47 bits per heavy atom. The molecule has 0 aromatic rings. The first kappa shape index (κ1) is 10.1. The zero-order valence-corrected chi connectivity index (χ0v) is 10.2. The van der Waals surface area contributed by atoms with Gasteiger partial charge < -0.3 is 4.90 Å². The van der Waals surface area contributed by atoms with Crippen LogP contribution in [0, 0.1) is 11.3 Å². The average Bonchev–Trinajstić information content (AvgIpc) is 3.01. The van der Waals surface area contributed by atoms with Crippen molar-refractivity contribution in [3.63, 3.8) is 0 Å². The minimum absolute atomic E-state index is 0.860. The lowest BCUT2D eigenvalue weighted by molar-refractivity contribution is 0.0904. The molecule has 0 unspecified atom stereocenters. The van der Waals surface area contributed by atoms with Crippen LogP contribution in [0.15, 0.2) is 0 Å². The smallest absolute Gasteiger partial charge is 0.00954 e. The Bertz CT molecular complexity index is 213. The molecule has 0 aromatic carbocycles. The van der Waals surface area contributed by atoms with E-state index in [9.17, 15) is 0 Å². The maximum absolute atomic E-state index is 2.81. The Labute approximate surface area is 94.2 Å². The van der Waals surface area contributed by atoms with E-state index in [4.69, 9.17) is 0 Å². The molecular weight excluding hydrogens is 182 g/mol. The van der Waals surface area contributed by atoms with Crippen molar-refractivity contribution < 1.29 is 0 Å². The van der Waals surface area contributed by atoms with Crippen LogP contribution in [0.5, 0.6) is 0 Å². The summed E-state index contributed by atoms with van der Waals surface area (Å²) in [5.74, 6) is 1.00. The van der Waals surface area contributed by atoms with Crippen molar-refractivity contribution in [1.82, 2.24) is 4.90 Å². The summed E-state index contributed by atoms with van der Waals surface area (Å²) < 4.78 is 0. The average molecular weight is 207 g/mol. The van der Waals surface area contributed by atoms with E-state index in [1.165, 1.54) is 51.6 Å². The predicted octanol–water partition coefficient (Wildman–Crippen LogP) is 3.44. The summed E-state index contributed by atoms with van der Waals surface area (Å²) in [5, 5.41) is 0. The molecule has 0 amide bonds. The van der Waals surface area contributed by atoms with Gasteiger partial charge >= 0.3 is 0 Å². The van der Waals surface area contributed by atoms with Crippen molar-refractivity contribution in [2.45, 2.75) is 64.3 Å². The highest BCUT2D eigenvalue weighted by molar-refractivity contribution is 4.98. The molecule has 0 atom stereocenters. The number of piperidine rings is 1. The second-order valence-electron chi connectivity index (χ2n) is 6.45. The van der Waals surface area contributed by atoms with Crippen molar-refractivity contribution in [1.29, 1.82) is 0 Å². The van der Waals surface area contributed by atoms with Crippen LogP contribution in [0.3, 0.4) is 0 Å². The first-order valence-electron chi connectivity index (χ1n) is 7.02. The second kappa shape index (κ2) is 3.76. The predicted molar refractivity (Wildman–Crippen MR) is 63.9 cm³/mol. The van der Waals surface area contributed by atoms with E-state index in [-0.39, 0.29) is 0 Å². The molecule has 1 nitrogen and oxygen atoms in total. The van der Waals surface area contributed by atoms with Gasteiger partial charge in [-0.2, -0.15) is 0 Å². The van der Waals surface area contributed by atoms with Gasteiger partial charge in [-0.15, -0.1) is 0 Å². The molecule has 3 aliphatic rings. The van der Waals surface area contributed by atoms with E-state index >= 15 is 0 Å². The lowest BCUT2D eigenvalue weighted by atomic mass is 9.84. The van der Waals surface area contributed by atoms with Crippen LogP contribution >= 0.6 is 0 Å².